The molecule has 17 heavy (non-hydrogen) atoms. The lowest BCUT2D eigenvalue weighted by molar-refractivity contribution is 0.546. The van der Waals surface area contributed by atoms with Crippen LogP contribution in [0.15, 0.2) is 0 Å². The number of hydrogen-bond donors (Lipinski definition) is 0. The highest BCUT2D eigenvalue weighted by molar-refractivity contribution is 6.31. The molecule has 0 spiro atoms. The van der Waals surface area contributed by atoms with Gasteiger partial charge in [-0.25, -0.2) is 0 Å². The van der Waals surface area contributed by atoms with Gasteiger partial charge in [0.05, 0.1) is 0 Å². The van der Waals surface area contributed by atoms with Crippen LogP contribution in [0.5, 0.6) is 0 Å². The molecule has 1 saturated heterocycles. The molecule has 2 rings (SSSR count). The number of hydrogen-bond acceptors (Lipinski definition) is 4. The van der Waals surface area contributed by atoms with Gasteiger partial charge in [0.2, 0.25) is 16.5 Å². The third-order valence-electron chi connectivity index (χ3n) is 3.17. The summed E-state index contributed by atoms with van der Waals surface area (Å²) in [4.78, 5) is 14.4. The van der Waals surface area contributed by atoms with Crippen LogP contribution >= 0.6 is 23.2 Å². The Morgan fingerprint density at radius 2 is 1.82 bits per heavy atom. The smallest absolute Gasteiger partial charge is 0.231 e. The number of anilines is 1. The van der Waals surface area contributed by atoms with E-state index in [0.29, 0.717) is 12.0 Å². The predicted octanol–water partition coefficient (Wildman–Crippen LogP) is 3.34. The summed E-state index contributed by atoms with van der Waals surface area (Å²) in [6, 6.07) is 0.479. The lowest BCUT2D eigenvalue weighted by Gasteiger charge is -2.29. The first kappa shape index (κ1) is 12.8. The van der Waals surface area contributed by atoms with Crippen molar-refractivity contribution < 1.29 is 0 Å². The Kier molecular flexibility index (Phi) is 4.40. The zero-order valence-electron chi connectivity index (χ0n) is 9.86. The first-order chi connectivity index (χ1) is 8.20. The van der Waals surface area contributed by atoms with E-state index in [-0.39, 0.29) is 10.6 Å². The molecule has 1 atom stereocenters. The van der Waals surface area contributed by atoms with Crippen LogP contribution in [-0.2, 0) is 0 Å². The number of nitrogens with zero attached hydrogens (tertiary/aromatic N) is 4. The second kappa shape index (κ2) is 5.83. The highest BCUT2D eigenvalue weighted by Gasteiger charge is 2.22. The SMILES string of the molecule is CCC1CCCCCN1c1nc(Cl)nc(Cl)n1. The van der Waals surface area contributed by atoms with Gasteiger partial charge in [-0.2, -0.15) is 15.0 Å². The molecule has 0 saturated carbocycles. The zero-order chi connectivity index (χ0) is 12.3. The molecule has 2 heterocycles. The van der Waals surface area contributed by atoms with Gasteiger partial charge < -0.3 is 4.90 Å². The minimum atomic E-state index is 0.166. The van der Waals surface area contributed by atoms with E-state index in [4.69, 9.17) is 23.2 Å². The Balaban J connectivity index is 2.27. The van der Waals surface area contributed by atoms with E-state index in [1.165, 1.54) is 19.3 Å². The second-order valence-corrected chi connectivity index (χ2v) is 4.95. The lowest BCUT2D eigenvalue weighted by atomic mass is 10.1. The lowest BCUT2D eigenvalue weighted by Crippen LogP contribution is -2.35. The molecule has 0 aromatic carbocycles. The Labute approximate surface area is 111 Å². The second-order valence-electron chi connectivity index (χ2n) is 4.28. The molecular weight excluding hydrogens is 259 g/mol. The fraction of sp³-hybridized carbons (Fsp3) is 0.727. The van der Waals surface area contributed by atoms with Crippen LogP contribution in [0.3, 0.4) is 0 Å². The van der Waals surface area contributed by atoms with Crippen molar-refractivity contribution in [3.05, 3.63) is 10.6 Å². The van der Waals surface area contributed by atoms with E-state index in [9.17, 15) is 0 Å². The van der Waals surface area contributed by atoms with Crippen molar-refractivity contribution >= 4 is 29.2 Å². The molecule has 0 bridgehead atoms. The minimum absolute atomic E-state index is 0.166. The van der Waals surface area contributed by atoms with Crippen LogP contribution in [0.2, 0.25) is 10.6 Å². The van der Waals surface area contributed by atoms with Crippen molar-refractivity contribution in [3.8, 4) is 0 Å². The van der Waals surface area contributed by atoms with E-state index < -0.39 is 0 Å². The number of halogens is 2. The van der Waals surface area contributed by atoms with Crippen LogP contribution in [0.1, 0.15) is 39.0 Å². The van der Waals surface area contributed by atoms with E-state index >= 15 is 0 Å². The summed E-state index contributed by atoms with van der Waals surface area (Å²) in [7, 11) is 0. The maximum absolute atomic E-state index is 5.83. The maximum atomic E-state index is 5.83. The van der Waals surface area contributed by atoms with Gasteiger partial charge in [0.25, 0.3) is 0 Å². The highest BCUT2D eigenvalue weighted by atomic mass is 35.5. The molecule has 1 aromatic heterocycles. The Morgan fingerprint density at radius 3 is 2.47 bits per heavy atom. The van der Waals surface area contributed by atoms with Crippen molar-refractivity contribution in [1.82, 2.24) is 15.0 Å². The molecule has 0 aliphatic carbocycles. The molecule has 1 aromatic rings. The van der Waals surface area contributed by atoms with Gasteiger partial charge in [0.15, 0.2) is 0 Å². The molecule has 1 fully saturated rings. The summed E-state index contributed by atoms with van der Waals surface area (Å²) in [5, 5.41) is 0.332. The quantitative estimate of drug-likeness (QED) is 0.830. The Hall–Kier alpha value is -0.610. The van der Waals surface area contributed by atoms with Crippen LogP contribution in [0.4, 0.5) is 5.95 Å². The monoisotopic (exact) mass is 274 g/mol. The van der Waals surface area contributed by atoms with E-state index in [1.807, 2.05) is 0 Å². The molecule has 1 unspecified atom stereocenters. The first-order valence-electron chi connectivity index (χ1n) is 6.04. The summed E-state index contributed by atoms with van der Waals surface area (Å²) in [6.07, 6.45) is 5.96. The van der Waals surface area contributed by atoms with Crippen molar-refractivity contribution in [1.29, 1.82) is 0 Å². The van der Waals surface area contributed by atoms with Gasteiger partial charge in [-0.15, -0.1) is 0 Å². The molecule has 4 nitrogen and oxygen atoms in total. The summed E-state index contributed by atoms with van der Waals surface area (Å²) in [5.41, 5.74) is 0. The third-order valence-corrected chi connectivity index (χ3v) is 3.51. The average molecular weight is 275 g/mol. The van der Waals surface area contributed by atoms with E-state index in [2.05, 4.69) is 26.8 Å². The normalized spacial score (nSPS) is 21.4. The fourth-order valence-electron chi connectivity index (χ4n) is 2.31. The van der Waals surface area contributed by atoms with Crippen LogP contribution in [0, 0.1) is 0 Å². The zero-order valence-corrected chi connectivity index (χ0v) is 11.4. The average Bonchev–Trinajstić information content (AvgIpc) is 2.52. The van der Waals surface area contributed by atoms with Gasteiger partial charge >= 0.3 is 0 Å². The van der Waals surface area contributed by atoms with Gasteiger partial charge in [0.1, 0.15) is 0 Å². The first-order valence-corrected chi connectivity index (χ1v) is 6.80. The minimum Gasteiger partial charge on any atom is -0.338 e. The maximum Gasteiger partial charge on any atom is 0.231 e. The van der Waals surface area contributed by atoms with Gasteiger partial charge in [-0.05, 0) is 42.5 Å². The van der Waals surface area contributed by atoms with Gasteiger partial charge in [0, 0.05) is 12.6 Å². The van der Waals surface area contributed by atoms with Crippen molar-refractivity contribution in [2.45, 2.75) is 45.1 Å². The van der Waals surface area contributed by atoms with Gasteiger partial charge in [-0.3, -0.25) is 0 Å². The van der Waals surface area contributed by atoms with E-state index in [1.54, 1.807) is 0 Å². The summed E-state index contributed by atoms with van der Waals surface area (Å²) >= 11 is 11.7. The van der Waals surface area contributed by atoms with E-state index in [0.717, 1.165) is 19.4 Å². The summed E-state index contributed by atoms with van der Waals surface area (Å²) in [5.74, 6) is 0.615. The third kappa shape index (κ3) is 3.19. The van der Waals surface area contributed by atoms with Gasteiger partial charge in [-0.1, -0.05) is 19.8 Å². The Bertz CT molecular complexity index is 365. The largest absolute Gasteiger partial charge is 0.338 e. The summed E-state index contributed by atoms with van der Waals surface area (Å²) in [6.45, 7) is 3.16. The molecule has 94 valence electrons. The number of aromatic nitrogens is 3. The van der Waals surface area contributed by atoms with Crippen molar-refractivity contribution in [2.24, 2.45) is 0 Å². The van der Waals surface area contributed by atoms with Crippen LogP contribution < -0.4 is 4.90 Å². The van der Waals surface area contributed by atoms with Crippen LogP contribution in [0.25, 0.3) is 0 Å². The van der Waals surface area contributed by atoms with Crippen molar-refractivity contribution in [3.63, 3.8) is 0 Å². The van der Waals surface area contributed by atoms with Crippen LogP contribution in [-0.4, -0.2) is 27.5 Å². The number of rotatable bonds is 2. The molecule has 6 heteroatoms. The highest BCUT2D eigenvalue weighted by Crippen LogP contribution is 2.24. The molecule has 0 amide bonds. The van der Waals surface area contributed by atoms with Crippen molar-refractivity contribution in [2.75, 3.05) is 11.4 Å². The summed E-state index contributed by atoms with van der Waals surface area (Å²) < 4.78 is 0. The molecule has 0 N–H and O–H groups in total. The topological polar surface area (TPSA) is 41.9 Å². The Morgan fingerprint density at radius 1 is 1.12 bits per heavy atom. The predicted molar refractivity (Wildman–Crippen MR) is 69.7 cm³/mol. The molecule has 1 aliphatic rings. The fourth-order valence-corrected chi connectivity index (χ4v) is 2.66. The molecule has 0 radical (unpaired) electrons. The standard InChI is InChI=1S/C11H16Cl2N4/c1-2-8-6-4-3-5-7-17(8)11-15-9(12)14-10(13)16-11/h8H,2-7H2,1H3. The molecule has 1 aliphatic heterocycles. The molecular formula is C11H16Cl2N4.